The number of halogens is 3. The third-order valence-corrected chi connectivity index (χ3v) is 3.87. The van der Waals surface area contributed by atoms with Crippen molar-refractivity contribution in [2.45, 2.75) is 19.3 Å². The molecule has 0 bridgehead atoms. The van der Waals surface area contributed by atoms with Crippen molar-refractivity contribution in [3.05, 3.63) is 48.4 Å². The summed E-state index contributed by atoms with van der Waals surface area (Å²) in [6, 6.07) is 8.27. The van der Waals surface area contributed by atoms with Crippen LogP contribution in [0.1, 0.15) is 12.2 Å². The third-order valence-electron chi connectivity index (χ3n) is 3.87. The highest BCUT2D eigenvalue weighted by molar-refractivity contribution is 5.97. The number of nitrogens with one attached hydrogen (secondary N) is 1. The Balaban J connectivity index is 1.56. The molecular formula is C17H15F3N2O4. The molecule has 1 aliphatic heterocycles. The molecule has 9 heteroatoms. The molecule has 1 atom stereocenters. The number of alkyl halides is 3. The zero-order chi connectivity index (χ0) is 18.7. The maximum Gasteiger partial charge on any atom is 0.573 e. The molecule has 0 spiro atoms. The van der Waals surface area contributed by atoms with E-state index in [1.54, 1.807) is 12.1 Å². The van der Waals surface area contributed by atoms with E-state index in [0.717, 1.165) is 12.1 Å². The average Bonchev–Trinajstić information content (AvgIpc) is 3.19. The van der Waals surface area contributed by atoms with E-state index in [0.29, 0.717) is 18.0 Å². The summed E-state index contributed by atoms with van der Waals surface area (Å²) < 4.78 is 45.4. The van der Waals surface area contributed by atoms with Gasteiger partial charge in [-0.3, -0.25) is 9.59 Å². The van der Waals surface area contributed by atoms with Crippen molar-refractivity contribution in [1.82, 2.24) is 4.90 Å². The van der Waals surface area contributed by atoms with Crippen LogP contribution in [0.25, 0.3) is 0 Å². The van der Waals surface area contributed by atoms with E-state index in [9.17, 15) is 22.8 Å². The summed E-state index contributed by atoms with van der Waals surface area (Å²) in [5.41, 5.74) is 0.321. The first-order valence-corrected chi connectivity index (χ1v) is 7.77. The highest BCUT2D eigenvalue weighted by atomic mass is 19.4. The first-order valence-electron chi connectivity index (χ1n) is 7.77. The number of hydrogen-bond acceptors (Lipinski definition) is 4. The number of anilines is 1. The van der Waals surface area contributed by atoms with Gasteiger partial charge in [-0.05, 0) is 36.4 Å². The zero-order valence-corrected chi connectivity index (χ0v) is 13.5. The second-order valence-electron chi connectivity index (χ2n) is 5.82. The third kappa shape index (κ3) is 4.56. The number of carbonyl (C=O) groups is 2. The molecule has 1 N–H and O–H groups in total. The van der Waals surface area contributed by atoms with Crippen molar-refractivity contribution in [2.24, 2.45) is 5.92 Å². The molecule has 1 saturated heterocycles. The highest BCUT2D eigenvalue weighted by Gasteiger charge is 2.35. The predicted molar refractivity (Wildman–Crippen MR) is 84.0 cm³/mol. The van der Waals surface area contributed by atoms with Gasteiger partial charge in [0.05, 0.1) is 18.7 Å². The zero-order valence-electron chi connectivity index (χ0n) is 13.5. The molecule has 6 nitrogen and oxygen atoms in total. The maximum atomic E-state index is 12.3. The van der Waals surface area contributed by atoms with Crippen molar-refractivity contribution < 1.29 is 31.9 Å². The number of likely N-dealkylation sites (tertiary alicyclic amines) is 1. The number of ether oxygens (including phenoxy) is 1. The van der Waals surface area contributed by atoms with Gasteiger partial charge in [0.25, 0.3) is 0 Å². The molecular weight excluding hydrogens is 353 g/mol. The molecule has 1 aromatic carbocycles. The lowest BCUT2D eigenvalue weighted by molar-refractivity contribution is -0.274. The van der Waals surface area contributed by atoms with Gasteiger partial charge in [-0.15, -0.1) is 13.2 Å². The Labute approximate surface area is 146 Å². The van der Waals surface area contributed by atoms with E-state index in [1.807, 2.05) is 0 Å². The molecule has 0 radical (unpaired) electrons. The fraction of sp³-hybridized carbons (Fsp3) is 0.294. The van der Waals surface area contributed by atoms with Crippen LogP contribution in [0.4, 0.5) is 18.9 Å². The summed E-state index contributed by atoms with van der Waals surface area (Å²) in [5, 5.41) is 2.60. The second-order valence-corrected chi connectivity index (χ2v) is 5.82. The molecule has 2 amide bonds. The van der Waals surface area contributed by atoms with Gasteiger partial charge in [0.15, 0.2) is 0 Å². The molecule has 138 valence electrons. The van der Waals surface area contributed by atoms with Crippen LogP contribution >= 0.6 is 0 Å². The largest absolute Gasteiger partial charge is 0.573 e. The second kappa shape index (κ2) is 7.11. The Hall–Kier alpha value is -2.97. The monoisotopic (exact) mass is 368 g/mol. The van der Waals surface area contributed by atoms with Crippen molar-refractivity contribution in [3.63, 3.8) is 0 Å². The van der Waals surface area contributed by atoms with Gasteiger partial charge in [0.2, 0.25) is 11.8 Å². The lowest BCUT2D eigenvalue weighted by atomic mass is 10.1. The van der Waals surface area contributed by atoms with Crippen LogP contribution in [-0.4, -0.2) is 29.6 Å². The van der Waals surface area contributed by atoms with Crippen LogP contribution in [0.15, 0.2) is 47.1 Å². The first kappa shape index (κ1) is 17.8. The molecule has 2 aromatic rings. The summed E-state index contributed by atoms with van der Waals surface area (Å²) in [5.74, 6) is -0.820. The molecule has 26 heavy (non-hydrogen) atoms. The van der Waals surface area contributed by atoms with Crippen LogP contribution in [0.5, 0.6) is 5.75 Å². The minimum Gasteiger partial charge on any atom is -0.467 e. The van der Waals surface area contributed by atoms with Gasteiger partial charge in [0.1, 0.15) is 11.5 Å². The van der Waals surface area contributed by atoms with Crippen molar-refractivity contribution in [3.8, 4) is 5.75 Å². The summed E-state index contributed by atoms with van der Waals surface area (Å²) in [4.78, 5) is 25.9. The normalized spacial score (nSPS) is 17.4. The lowest BCUT2D eigenvalue weighted by Crippen LogP contribution is -2.27. The Kier molecular flexibility index (Phi) is 4.88. The van der Waals surface area contributed by atoms with Gasteiger partial charge in [0, 0.05) is 18.7 Å². The first-order chi connectivity index (χ1) is 12.3. The quantitative estimate of drug-likeness (QED) is 0.880. The van der Waals surface area contributed by atoms with E-state index < -0.39 is 12.3 Å². The SMILES string of the molecule is O=C(Nc1ccc(OC(F)(F)F)cc1)[C@@H]1CC(=O)N(Cc2ccco2)C1. The number of furan rings is 1. The Bertz CT molecular complexity index is 772. The summed E-state index contributed by atoms with van der Waals surface area (Å²) in [6.07, 6.45) is -3.19. The van der Waals surface area contributed by atoms with Gasteiger partial charge in [-0.25, -0.2) is 0 Å². The van der Waals surface area contributed by atoms with Gasteiger partial charge in [-0.2, -0.15) is 0 Å². The van der Waals surface area contributed by atoms with E-state index in [-0.39, 0.29) is 30.5 Å². The van der Waals surface area contributed by atoms with Crippen LogP contribution < -0.4 is 10.1 Å². The number of carbonyl (C=O) groups excluding carboxylic acids is 2. The van der Waals surface area contributed by atoms with E-state index in [1.165, 1.54) is 23.3 Å². The molecule has 2 heterocycles. The van der Waals surface area contributed by atoms with Crippen LogP contribution in [0.2, 0.25) is 0 Å². The van der Waals surface area contributed by atoms with E-state index in [2.05, 4.69) is 10.1 Å². The molecule has 3 rings (SSSR count). The lowest BCUT2D eigenvalue weighted by Gasteiger charge is -2.15. The minimum absolute atomic E-state index is 0.0712. The summed E-state index contributed by atoms with van der Waals surface area (Å²) in [7, 11) is 0. The summed E-state index contributed by atoms with van der Waals surface area (Å²) >= 11 is 0. The number of benzene rings is 1. The van der Waals surface area contributed by atoms with Crippen molar-refractivity contribution in [1.29, 1.82) is 0 Å². The molecule has 0 unspecified atom stereocenters. The number of rotatable bonds is 5. The Morgan fingerprint density at radius 1 is 1.27 bits per heavy atom. The number of hydrogen-bond donors (Lipinski definition) is 1. The molecule has 0 aliphatic carbocycles. The van der Waals surface area contributed by atoms with Crippen molar-refractivity contribution >= 4 is 17.5 Å². The Morgan fingerprint density at radius 3 is 2.62 bits per heavy atom. The van der Waals surface area contributed by atoms with Crippen molar-refractivity contribution in [2.75, 3.05) is 11.9 Å². The topological polar surface area (TPSA) is 71.8 Å². The summed E-state index contributed by atoms with van der Waals surface area (Å²) in [6.45, 7) is 0.541. The van der Waals surface area contributed by atoms with Crippen LogP contribution in [-0.2, 0) is 16.1 Å². The fourth-order valence-electron chi connectivity index (χ4n) is 2.68. The van der Waals surface area contributed by atoms with Gasteiger partial charge >= 0.3 is 6.36 Å². The molecule has 1 fully saturated rings. The van der Waals surface area contributed by atoms with Gasteiger partial charge < -0.3 is 19.4 Å². The minimum atomic E-state index is -4.77. The molecule has 1 aromatic heterocycles. The smallest absolute Gasteiger partial charge is 0.467 e. The van der Waals surface area contributed by atoms with E-state index >= 15 is 0 Å². The molecule has 0 saturated carbocycles. The average molecular weight is 368 g/mol. The predicted octanol–water partition coefficient (Wildman–Crippen LogP) is 3.17. The van der Waals surface area contributed by atoms with Crippen LogP contribution in [0.3, 0.4) is 0 Å². The Morgan fingerprint density at radius 2 is 2.00 bits per heavy atom. The fourth-order valence-corrected chi connectivity index (χ4v) is 2.68. The van der Waals surface area contributed by atoms with E-state index in [4.69, 9.17) is 4.42 Å². The molecule has 1 aliphatic rings. The van der Waals surface area contributed by atoms with Crippen LogP contribution in [0, 0.1) is 5.92 Å². The number of nitrogens with zero attached hydrogens (tertiary/aromatic N) is 1. The standard InChI is InChI=1S/C17H15F3N2O4/c18-17(19,20)26-13-5-3-12(4-6-13)21-16(24)11-8-15(23)22(9-11)10-14-2-1-7-25-14/h1-7,11H,8-10H2,(H,21,24)/t11-/m1/s1. The number of amides is 2. The van der Waals surface area contributed by atoms with Gasteiger partial charge in [-0.1, -0.05) is 0 Å². The highest BCUT2D eigenvalue weighted by Crippen LogP contribution is 2.25. The maximum absolute atomic E-state index is 12.3.